The van der Waals surface area contributed by atoms with Crippen LogP contribution in [0.1, 0.15) is 40.1 Å². The number of fused-ring (bicyclic) bond motifs is 1. The first-order valence-corrected chi connectivity index (χ1v) is 9.74. The molecule has 1 atom stereocenters. The molecule has 2 aromatic carbocycles. The predicted octanol–water partition coefficient (Wildman–Crippen LogP) is 2.30. The van der Waals surface area contributed by atoms with Crippen molar-refractivity contribution in [3.63, 3.8) is 0 Å². The highest BCUT2D eigenvalue weighted by Crippen LogP contribution is 2.26. The van der Waals surface area contributed by atoms with Crippen molar-refractivity contribution in [2.24, 2.45) is 0 Å². The Balaban J connectivity index is 1.84. The molecule has 7 heteroatoms. The molecule has 0 aliphatic carbocycles. The molecule has 3 rings (SSSR count). The highest BCUT2D eigenvalue weighted by molar-refractivity contribution is 6.22. The lowest BCUT2D eigenvalue weighted by Crippen LogP contribution is -2.48. The van der Waals surface area contributed by atoms with Crippen molar-refractivity contribution in [1.29, 1.82) is 0 Å². The summed E-state index contributed by atoms with van der Waals surface area (Å²) < 4.78 is 5.24. The molecule has 1 heterocycles. The number of carbonyl (C=O) groups excluding carboxylic acids is 4. The van der Waals surface area contributed by atoms with E-state index in [1.807, 2.05) is 19.9 Å². The van der Waals surface area contributed by atoms with Crippen LogP contribution < -0.4 is 0 Å². The molecule has 1 aliphatic rings. The molecule has 2 aromatic rings. The van der Waals surface area contributed by atoms with Gasteiger partial charge >= 0.3 is 5.97 Å². The molecule has 0 unspecified atom stereocenters. The summed E-state index contributed by atoms with van der Waals surface area (Å²) in [4.78, 5) is 53.3. The summed E-state index contributed by atoms with van der Waals surface area (Å²) in [5.41, 5.74) is 1.27. The van der Waals surface area contributed by atoms with Crippen molar-refractivity contribution in [3.8, 4) is 0 Å². The largest absolute Gasteiger partial charge is 0.454 e. The summed E-state index contributed by atoms with van der Waals surface area (Å²) in [6, 6.07) is 14.3. The van der Waals surface area contributed by atoms with E-state index in [4.69, 9.17) is 4.74 Å². The van der Waals surface area contributed by atoms with E-state index in [2.05, 4.69) is 0 Å². The minimum absolute atomic E-state index is 0.0486. The van der Waals surface area contributed by atoms with E-state index in [0.29, 0.717) is 0 Å². The Kier molecular flexibility index (Phi) is 6.30. The minimum atomic E-state index is -1.17. The van der Waals surface area contributed by atoms with E-state index in [-0.39, 0.29) is 29.5 Å². The van der Waals surface area contributed by atoms with Crippen molar-refractivity contribution in [3.05, 3.63) is 71.3 Å². The highest BCUT2D eigenvalue weighted by Gasteiger charge is 2.43. The van der Waals surface area contributed by atoms with E-state index >= 15 is 0 Å². The molecule has 0 N–H and O–H groups in total. The Morgan fingerprint density at radius 3 is 2.00 bits per heavy atom. The van der Waals surface area contributed by atoms with Crippen LogP contribution in [0.25, 0.3) is 0 Å². The third kappa shape index (κ3) is 4.25. The number of esters is 1. The van der Waals surface area contributed by atoms with E-state index < -0.39 is 30.4 Å². The maximum absolute atomic E-state index is 12.9. The molecule has 30 heavy (non-hydrogen) atoms. The van der Waals surface area contributed by atoms with Gasteiger partial charge in [-0.3, -0.25) is 19.3 Å². The molecule has 3 amide bonds. The van der Waals surface area contributed by atoms with Gasteiger partial charge in [0.2, 0.25) is 0 Å². The fraction of sp³-hybridized carbons (Fsp3) is 0.304. The maximum atomic E-state index is 12.9. The normalized spacial score (nSPS) is 13.9. The van der Waals surface area contributed by atoms with Gasteiger partial charge in [0.05, 0.1) is 11.1 Å². The fourth-order valence-electron chi connectivity index (χ4n) is 3.23. The summed E-state index contributed by atoms with van der Waals surface area (Å²) in [5.74, 6) is -2.24. The molecule has 0 spiro atoms. The lowest BCUT2D eigenvalue weighted by molar-refractivity contribution is -0.155. The summed E-state index contributed by atoms with van der Waals surface area (Å²) >= 11 is 0. The van der Waals surface area contributed by atoms with E-state index in [1.165, 1.54) is 4.90 Å². The molecule has 0 saturated carbocycles. The third-order valence-electron chi connectivity index (χ3n) is 5.19. The van der Waals surface area contributed by atoms with Crippen molar-refractivity contribution in [2.45, 2.75) is 32.4 Å². The van der Waals surface area contributed by atoms with E-state index in [9.17, 15) is 19.2 Å². The number of likely N-dealkylation sites (N-methyl/N-ethyl adjacent to an activating group) is 1. The van der Waals surface area contributed by atoms with Gasteiger partial charge in [0.15, 0.2) is 6.61 Å². The van der Waals surface area contributed by atoms with Crippen LogP contribution >= 0.6 is 0 Å². The lowest BCUT2D eigenvalue weighted by Gasteiger charge is -2.26. The quantitative estimate of drug-likeness (QED) is 0.519. The number of benzene rings is 2. The Hall–Kier alpha value is -3.48. The molecular weight excluding hydrogens is 384 g/mol. The Morgan fingerprint density at radius 1 is 0.933 bits per heavy atom. The van der Waals surface area contributed by atoms with Gasteiger partial charge < -0.3 is 9.64 Å². The molecule has 0 fully saturated rings. The van der Waals surface area contributed by atoms with Crippen molar-refractivity contribution in [2.75, 3.05) is 13.7 Å². The van der Waals surface area contributed by atoms with Crippen molar-refractivity contribution < 1.29 is 23.9 Å². The number of hydrogen-bond donors (Lipinski definition) is 0. The van der Waals surface area contributed by atoms with Crippen molar-refractivity contribution in [1.82, 2.24) is 9.80 Å². The monoisotopic (exact) mass is 408 g/mol. The van der Waals surface area contributed by atoms with Crippen LogP contribution in [-0.4, -0.2) is 59.2 Å². The first-order valence-electron chi connectivity index (χ1n) is 9.74. The molecule has 156 valence electrons. The lowest BCUT2D eigenvalue weighted by atomic mass is 10.0. The average Bonchev–Trinajstić information content (AvgIpc) is 3.00. The van der Waals surface area contributed by atoms with Crippen LogP contribution in [0.15, 0.2) is 54.6 Å². The number of rotatable bonds is 7. The number of carbonyl (C=O) groups is 4. The second-order valence-corrected chi connectivity index (χ2v) is 7.44. The van der Waals surface area contributed by atoms with Crippen LogP contribution in [0.4, 0.5) is 0 Å². The van der Waals surface area contributed by atoms with Gasteiger partial charge in [-0.2, -0.15) is 0 Å². The molecule has 0 saturated heterocycles. The van der Waals surface area contributed by atoms with Crippen LogP contribution in [0, 0.1) is 0 Å². The SMILES string of the molecule is CC(C)N(C)C(=O)COC(=O)[C@H](Cc1ccccc1)N1C(=O)c2ccccc2C1=O. The van der Waals surface area contributed by atoms with E-state index in [0.717, 1.165) is 10.5 Å². The zero-order valence-corrected chi connectivity index (χ0v) is 17.2. The first kappa shape index (κ1) is 21.2. The molecule has 0 aromatic heterocycles. The fourth-order valence-corrected chi connectivity index (χ4v) is 3.23. The molecular formula is C23H24N2O5. The molecule has 0 bridgehead atoms. The third-order valence-corrected chi connectivity index (χ3v) is 5.19. The zero-order valence-electron chi connectivity index (χ0n) is 17.2. The van der Waals surface area contributed by atoms with Crippen LogP contribution in [0.2, 0.25) is 0 Å². The number of amides is 3. The van der Waals surface area contributed by atoms with Gasteiger partial charge in [-0.1, -0.05) is 42.5 Å². The first-order chi connectivity index (χ1) is 14.3. The summed E-state index contributed by atoms with van der Waals surface area (Å²) in [6.45, 7) is 3.23. The van der Waals surface area contributed by atoms with Gasteiger partial charge in [-0.05, 0) is 31.5 Å². The molecule has 0 radical (unpaired) electrons. The smallest absolute Gasteiger partial charge is 0.330 e. The second kappa shape index (κ2) is 8.90. The van der Waals surface area contributed by atoms with Gasteiger partial charge in [0.25, 0.3) is 17.7 Å². The van der Waals surface area contributed by atoms with Crippen LogP contribution in [-0.2, 0) is 20.7 Å². The second-order valence-electron chi connectivity index (χ2n) is 7.44. The number of hydrogen-bond acceptors (Lipinski definition) is 5. The van der Waals surface area contributed by atoms with Crippen LogP contribution in [0.3, 0.4) is 0 Å². The minimum Gasteiger partial charge on any atom is -0.454 e. The van der Waals surface area contributed by atoms with Gasteiger partial charge in [0.1, 0.15) is 6.04 Å². The Labute approximate surface area is 175 Å². The number of imide groups is 1. The van der Waals surface area contributed by atoms with Gasteiger partial charge in [-0.15, -0.1) is 0 Å². The summed E-state index contributed by atoms with van der Waals surface area (Å²) in [7, 11) is 1.62. The van der Waals surface area contributed by atoms with Gasteiger partial charge in [-0.25, -0.2) is 4.79 Å². The molecule has 7 nitrogen and oxygen atoms in total. The summed E-state index contributed by atoms with van der Waals surface area (Å²) in [5, 5.41) is 0. The van der Waals surface area contributed by atoms with Gasteiger partial charge in [0, 0.05) is 19.5 Å². The predicted molar refractivity (Wildman–Crippen MR) is 110 cm³/mol. The average molecular weight is 408 g/mol. The Bertz CT molecular complexity index is 936. The van der Waals surface area contributed by atoms with Crippen LogP contribution in [0.5, 0.6) is 0 Å². The maximum Gasteiger partial charge on any atom is 0.330 e. The number of ether oxygens (including phenoxy) is 1. The van der Waals surface area contributed by atoms with E-state index in [1.54, 1.807) is 55.6 Å². The van der Waals surface area contributed by atoms with Crippen molar-refractivity contribution >= 4 is 23.7 Å². The standard InChI is InChI=1S/C23H24N2O5/c1-15(2)24(3)20(26)14-30-23(29)19(13-16-9-5-4-6-10-16)25-21(27)17-11-7-8-12-18(17)22(25)28/h4-12,15,19H,13-14H2,1-3H3/t19-/m0/s1. The number of nitrogens with zero attached hydrogens (tertiary/aromatic N) is 2. The highest BCUT2D eigenvalue weighted by atomic mass is 16.5. The Morgan fingerprint density at radius 2 is 1.47 bits per heavy atom. The zero-order chi connectivity index (χ0) is 21.8. The topological polar surface area (TPSA) is 84.0 Å². The summed E-state index contributed by atoms with van der Waals surface area (Å²) in [6.07, 6.45) is 0.0966. The molecule has 1 aliphatic heterocycles.